The van der Waals surface area contributed by atoms with Crippen molar-refractivity contribution in [2.24, 2.45) is 0 Å². The Hall–Kier alpha value is -1.53. The van der Waals surface area contributed by atoms with Crippen LogP contribution < -0.4 is 0 Å². The summed E-state index contributed by atoms with van der Waals surface area (Å²) in [5.41, 5.74) is -1.17. The minimum absolute atomic E-state index is 0.223. The Kier molecular flexibility index (Phi) is 3.82. The van der Waals surface area contributed by atoms with Crippen LogP contribution in [0.3, 0.4) is 0 Å². The van der Waals surface area contributed by atoms with Crippen LogP contribution in [0.15, 0.2) is 18.2 Å². The average molecular weight is 271 g/mol. The smallest absolute Gasteiger partial charge is 0.328 e. The number of rotatable bonds is 3. The first-order chi connectivity index (χ1) is 8.96. The van der Waals surface area contributed by atoms with Gasteiger partial charge in [0.05, 0.1) is 13.2 Å². The molecular formula is C13H15F2NO3. The van der Waals surface area contributed by atoms with Gasteiger partial charge in [0.1, 0.15) is 5.54 Å². The zero-order chi connectivity index (χ0) is 14.0. The number of ether oxygens (including phenoxy) is 1. The van der Waals surface area contributed by atoms with Crippen molar-refractivity contribution in [2.45, 2.75) is 12.5 Å². The van der Waals surface area contributed by atoms with E-state index in [0.29, 0.717) is 26.3 Å². The highest BCUT2D eigenvalue weighted by Gasteiger charge is 2.42. The molecule has 1 saturated heterocycles. The standard InChI is InChI=1S/C13H15F2NO3/c1-13(12(17)18,16-4-6-19-7-5-16)9-2-3-10(14)11(15)8-9/h2-3,8H,4-7H2,1H3,(H,17,18). The van der Waals surface area contributed by atoms with Crippen molar-refractivity contribution in [3.05, 3.63) is 35.4 Å². The number of carboxylic acids is 1. The lowest BCUT2D eigenvalue weighted by Gasteiger charge is -2.40. The Labute approximate surface area is 109 Å². The Bertz CT molecular complexity index is 489. The summed E-state index contributed by atoms with van der Waals surface area (Å²) >= 11 is 0. The van der Waals surface area contributed by atoms with E-state index in [9.17, 15) is 18.7 Å². The molecule has 6 heteroatoms. The van der Waals surface area contributed by atoms with Crippen LogP contribution in [-0.2, 0) is 15.1 Å². The number of carboxylic acid groups (broad SMARTS) is 1. The fourth-order valence-corrected chi connectivity index (χ4v) is 2.25. The van der Waals surface area contributed by atoms with Crippen LogP contribution in [0.2, 0.25) is 0 Å². The molecule has 1 aromatic carbocycles. The summed E-state index contributed by atoms with van der Waals surface area (Å²) < 4.78 is 31.5. The molecule has 19 heavy (non-hydrogen) atoms. The third-order valence-electron chi connectivity index (χ3n) is 3.54. The van der Waals surface area contributed by atoms with Crippen LogP contribution in [0.5, 0.6) is 0 Å². The zero-order valence-corrected chi connectivity index (χ0v) is 10.5. The lowest BCUT2D eigenvalue weighted by Crippen LogP contribution is -2.54. The fraction of sp³-hybridized carbons (Fsp3) is 0.462. The Morgan fingerprint density at radius 1 is 1.32 bits per heavy atom. The van der Waals surface area contributed by atoms with Crippen molar-refractivity contribution >= 4 is 5.97 Å². The first-order valence-corrected chi connectivity index (χ1v) is 5.98. The third kappa shape index (κ3) is 2.46. The number of aliphatic carboxylic acids is 1. The highest BCUT2D eigenvalue weighted by atomic mass is 19.2. The van der Waals surface area contributed by atoms with Gasteiger partial charge in [-0.25, -0.2) is 13.6 Å². The van der Waals surface area contributed by atoms with Crippen LogP contribution in [0.25, 0.3) is 0 Å². The summed E-state index contributed by atoms with van der Waals surface area (Å²) in [4.78, 5) is 13.3. The van der Waals surface area contributed by atoms with E-state index in [-0.39, 0.29) is 5.56 Å². The minimum Gasteiger partial charge on any atom is -0.480 e. The van der Waals surface area contributed by atoms with Crippen molar-refractivity contribution in [3.8, 4) is 0 Å². The summed E-state index contributed by atoms with van der Waals surface area (Å²) in [7, 11) is 0. The van der Waals surface area contributed by atoms with Crippen LogP contribution >= 0.6 is 0 Å². The second-order valence-corrected chi connectivity index (χ2v) is 4.61. The van der Waals surface area contributed by atoms with Crippen molar-refractivity contribution in [3.63, 3.8) is 0 Å². The van der Waals surface area contributed by atoms with E-state index in [2.05, 4.69) is 0 Å². The van der Waals surface area contributed by atoms with Crippen molar-refractivity contribution < 1.29 is 23.4 Å². The second-order valence-electron chi connectivity index (χ2n) is 4.61. The maximum absolute atomic E-state index is 13.3. The monoisotopic (exact) mass is 271 g/mol. The molecule has 2 rings (SSSR count). The Morgan fingerprint density at radius 2 is 1.95 bits per heavy atom. The van der Waals surface area contributed by atoms with E-state index in [4.69, 9.17) is 4.74 Å². The molecule has 0 bridgehead atoms. The number of nitrogens with zero attached hydrogens (tertiary/aromatic N) is 1. The molecule has 0 spiro atoms. The summed E-state index contributed by atoms with van der Waals surface area (Å²) in [6.07, 6.45) is 0. The molecule has 1 atom stereocenters. The number of hydrogen-bond acceptors (Lipinski definition) is 3. The van der Waals surface area contributed by atoms with Crippen LogP contribution in [-0.4, -0.2) is 42.3 Å². The molecule has 4 nitrogen and oxygen atoms in total. The SMILES string of the molecule is CC(C(=O)O)(c1ccc(F)c(F)c1)N1CCOCC1. The third-order valence-corrected chi connectivity index (χ3v) is 3.54. The Balaban J connectivity index is 2.42. The van der Waals surface area contributed by atoms with E-state index in [0.717, 1.165) is 12.1 Å². The number of hydrogen-bond donors (Lipinski definition) is 1. The van der Waals surface area contributed by atoms with Gasteiger partial charge in [0.15, 0.2) is 11.6 Å². The highest BCUT2D eigenvalue weighted by molar-refractivity contribution is 5.80. The van der Waals surface area contributed by atoms with Gasteiger partial charge in [-0.15, -0.1) is 0 Å². The molecule has 1 aliphatic heterocycles. The second kappa shape index (κ2) is 5.22. The largest absolute Gasteiger partial charge is 0.480 e. The fourth-order valence-electron chi connectivity index (χ4n) is 2.25. The molecule has 1 N–H and O–H groups in total. The van der Waals surface area contributed by atoms with Gasteiger partial charge in [0.2, 0.25) is 0 Å². The molecule has 0 aromatic heterocycles. The van der Waals surface area contributed by atoms with E-state index in [1.165, 1.54) is 13.0 Å². The molecule has 1 heterocycles. The lowest BCUT2D eigenvalue weighted by molar-refractivity contribution is -0.154. The van der Waals surface area contributed by atoms with E-state index in [1.807, 2.05) is 0 Å². The molecule has 0 saturated carbocycles. The molecule has 104 valence electrons. The van der Waals surface area contributed by atoms with Gasteiger partial charge in [0.25, 0.3) is 0 Å². The maximum atomic E-state index is 13.3. The number of morpholine rings is 1. The first kappa shape index (κ1) is 13.9. The summed E-state index contributed by atoms with van der Waals surface area (Å²) in [6.45, 7) is 3.20. The molecule has 0 radical (unpaired) electrons. The van der Waals surface area contributed by atoms with Gasteiger partial charge in [0, 0.05) is 13.1 Å². The quantitative estimate of drug-likeness (QED) is 0.907. The molecule has 1 fully saturated rings. The van der Waals surface area contributed by atoms with Crippen LogP contribution in [0.1, 0.15) is 12.5 Å². The lowest BCUT2D eigenvalue weighted by atomic mass is 9.89. The average Bonchev–Trinajstić information content (AvgIpc) is 2.41. The van der Waals surface area contributed by atoms with E-state index < -0.39 is 23.1 Å². The highest BCUT2D eigenvalue weighted by Crippen LogP contribution is 2.30. The molecule has 1 aliphatic rings. The van der Waals surface area contributed by atoms with Gasteiger partial charge in [-0.1, -0.05) is 6.07 Å². The molecule has 1 unspecified atom stereocenters. The number of halogens is 2. The Morgan fingerprint density at radius 3 is 2.47 bits per heavy atom. The van der Waals surface area contributed by atoms with Gasteiger partial charge < -0.3 is 9.84 Å². The van der Waals surface area contributed by atoms with Gasteiger partial charge in [-0.05, 0) is 24.6 Å². The predicted octanol–water partition coefficient (Wildman–Crippen LogP) is 1.60. The van der Waals surface area contributed by atoms with Gasteiger partial charge in [-0.2, -0.15) is 0 Å². The van der Waals surface area contributed by atoms with Crippen molar-refractivity contribution in [1.82, 2.24) is 4.90 Å². The molecule has 0 aliphatic carbocycles. The van der Waals surface area contributed by atoms with Gasteiger partial charge >= 0.3 is 5.97 Å². The minimum atomic E-state index is -1.39. The topological polar surface area (TPSA) is 49.8 Å². The normalized spacial score (nSPS) is 19.9. The molecular weight excluding hydrogens is 256 g/mol. The van der Waals surface area contributed by atoms with Crippen LogP contribution in [0.4, 0.5) is 8.78 Å². The molecule has 0 amide bonds. The maximum Gasteiger partial charge on any atom is 0.328 e. The number of benzene rings is 1. The zero-order valence-electron chi connectivity index (χ0n) is 10.5. The predicted molar refractivity (Wildman–Crippen MR) is 63.7 cm³/mol. The first-order valence-electron chi connectivity index (χ1n) is 5.98. The van der Waals surface area contributed by atoms with E-state index in [1.54, 1.807) is 4.90 Å². The summed E-state index contributed by atoms with van der Waals surface area (Å²) in [5.74, 6) is -3.13. The van der Waals surface area contributed by atoms with Crippen LogP contribution in [0, 0.1) is 11.6 Å². The molecule has 1 aromatic rings. The van der Waals surface area contributed by atoms with Crippen molar-refractivity contribution in [1.29, 1.82) is 0 Å². The van der Waals surface area contributed by atoms with Gasteiger partial charge in [-0.3, -0.25) is 4.90 Å². The number of carbonyl (C=O) groups is 1. The summed E-state index contributed by atoms with van der Waals surface area (Å²) in [6, 6.07) is 3.20. The van der Waals surface area contributed by atoms with E-state index >= 15 is 0 Å². The van der Waals surface area contributed by atoms with Crippen molar-refractivity contribution in [2.75, 3.05) is 26.3 Å². The summed E-state index contributed by atoms with van der Waals surface area (Å²) in [5, 5.41) is 9.50.